The second kappa shape index (κ2) is 3.84. The van der Waals surface area contributed by atoms with Crippen molar-refractivity contribution >= 4 is 17.6 Å². The van der Waals surface area contributed by atoms with Crippen LogP contribution in [0, 0.1) is 5.92 Å². The third kappa shape index (κ3) is 1.60. The van der Waals surface area contributed by atoms with Crippen LogP contribution < -0.4 is 9.64 Å². The van der Waals surface area contributed by atoms with E-state index in [1.807, 2.05) is 0 Å². The summed E-state index contributed by atoms with van der Waals surface area (Å²) in [6, 6.07) is 6.98. The second-order valence-corrected chi connectivity index (χ2v) is 3.54. The van der Waals surface area contributed by atoms with Crippen molar-refractivity contribution in [2.24, 2.45) is 5.92 Å². The summed E-state index contributed by atoms with van der Waals surface area (Å²) in [5.74, 6) is -1.69. The van der Waals surface area contributed by atoms with E-state index in [2.05, 4.69) is 0 Å². The number of methoxy groups -OCH3 is 1. The minimum atomic E-state index is -1.07. The first kappa shape index (κ1) is 10.5. The lowest BCUT2D eigenvalue weighted by molar-refractivity contribution is -0.149. The van der Waals surface area contributed by atoms with Crippen LogP contribution in [0.1, 0.15) is 0 Å². The van der Waals surface area contributed by atoms with Gasteiger partial charge < -0.3 is 14.7 Å². The Balaban J connectivity index is 2.16. The molecule has 1 N–H and O–H groups in total. The highest BCUT2D eigenvalue weighted by Crippen LogP contribution is 2.28. The van der Waals surface area contributed by atoms with Crippen LogP contribution in [0.3, 0.4) is 0 Å². The molecule has 1 unspecified atom stereocenters. The van der Waals surface area contributed by atoms with E-state index in [4.69, 9.17) is 9.84 Å². The first-order chi connectivity index (χ1) is 7.63. The molecule has 2 rings (SSSR count). The molecular weight excluding hydrogens is 210 g/mol. The summed E-state index contributed by atoms with van der Waals surface area (Å²) in [5, 5.41) is 8.70. The van der Waals surface area contributed by atoms with Crippen molar-refractivity contribution in [2.75, 3.05) is 18.6 Å². The van der Waals surface area contributed by atoms with Gasteiger partial charge in [-0.15, -0.1) is 0 Å². The maximum absolute atomic E-state index is 11.5. The summed E-state index contributed by atoms with van der Waals surface area (Å²) in [5.41, 5.74) is 0.668. The Morgan fingerprint density at radius 1 is 1.56 bits per heavy atom. The Bertz CT molecular complexity index is 443. The van der Waals surface area contributed by atoms with Crippen molar-refractivity contribution in [2.45, 2.75) is 0 Å². The maximum Gasteiger partial charge on any atom is 0.317 e. The summed E-state index contributed by atoms with van der Waals surface area (Å²) in [6.07, 6.45) is 0. The number of carboxylic acid groups (broad SMARTS) is 1. The predicted octanol–water partition coefficient (Wildman–Crippen LogP) is 0.743. The molecule has 0 aliphatic carbocycles. The summed E-state index contributed by atoms with van der Waals surface area (Å²) >= 11 is 0. The van der Waals surface area contributed by atoms with E-state index in [0.29, 0.717) is 11.4 Å². The van der Waals surface area contributed by atoms with Gasteiger partial charge >= 0.3 is 5.97 Å². The highest BCUT2D eigenvalue weighted by atomic mass is 16.5. The number of rotatable bonds is 3. The zero-order chi connectivity index (χ0) is 11.7. The van der Waals surface area contributed by atoms with Gasteiger partial charge in [0.15, 0.2) is 5.92 Å². The van der Waals surface area contributed by atoms with E-state index >= 15 is 0 Å². The van der Waals surface area contributed by atoms with E-state index in [1.54, 1.807) is 24.3 Å². The van der Waals surface area contributed by atoms with E-state index < -0.39 is 11.9 Å². The van der Waals surface area contributed by atoms with Crippen molar-refractivity contribution < 1.29 is 19.4 Å². The molecule has 1 aliphatic rings. The van der Waals surface area contributed by atoms with Gasteiger partial charge in [-0.05, 0) is 12.1 Å². The summed E-state index contributed by atoms with van der Waals surface area (Å²) in [7, 11) is 1.54. The molecule has 1 fully saturated rings. The van der Waals surface area contributed by atoms with Crippen molar-refractivity contribution in [1.82, 2.24) is 0 Å². The van der Waals surface area contributed by atoms with Gasteiger partial charge in [0.1, 0.15) is 5.75 Å². The molecular formula is C11H11NO4. The SMILES string of the molecule is COc1cccc(N2CC(C(=O)O)C2=O)c1. The lowest BCUT2D eigenvalue weighted by atomic mass is 9.98. The molecule has 5 heteroatoms. The number of carbonyl (C=O) groups excluding carboxylic acids is 1. The fourth-order valence-corrected chi connectivity index (χ4v) is 1.62. The van der Waals surface area contributed by atoms with E-state index in [0.717, 1.165) is 0 Å². The zero-order valence-corrected chi connectivity index (χ0v) is 8.71. The largest absolute Gasteiger partial charge is 0.497 e. The third-order valence-electron chi connectivity index (χ3n) is 2.59. The highest BCUT2D eigenvalue weighted by Gasteiger charge is 2.42. The van der Waals surface area contributed by atoms with Gasteiger partial charge in [0, 0.05) is 18.3 Å². The molecule has 0 spiro atoms. The molecule has 5 nitrogen and oxygen atoms in total. The lowest BCUT2D eigenvalue weighted by Crippen LogP contribution is -2.56. The summed E-state index contributed by atoms with van der Waals surface area (Å²) in [4.78, 5) is 23.6. The fourth-order valence-electron chi connectivity index (χ4n) is 1.62. The van der Waals surface area contributed by atoms with Crippen LogP contribution in [0.2, 0.25) is 0 Å². The molecule has 0 aromatic heterocycles. The molecule has 1 heterocycles. The minimum Gasteiger partial charge on any atom is -0.497 e. The second-order valence-electron chi connectivity index (χ2n) is 3.54. The van der Waals surface area contributed by atoms with Crippen LogP contribution >= 0.6 is 0 Å². The third-order valence-corrected chi connectivity index (χ3v) is 2.59. The molecule has 1 aliphatic heterocycles. The lowest BCUT2D eigenvalue weighted by Gasteiger charge is -2.35. The van der Waals surface area contributed by atoms with Crippen molar-refractivity contribution in [3.63, 3.8) is 0 Å². The van der Waals surface area contributed by atoms with Crippen molar-refractivity contribution in [1.29, 1.82) is 0 Å². The van der Waals surface area contributed by atoms with Gasteiger partial charge in [0.25, 0.3) is 0 Å². The number of β-lactam (4-membered cyclic amide) rings is 1. The smallest absolute Gasteiger partial charge is 0.317 e. The maximum atomic E-state index is 11.5. The number of amides is 1. The van der Waals surface area contributed by atoms with Crippen LogP contribution in [0.4, 0.5) is 5.69 Å². The van der Waals surface area contributed by atoms with Crippen LogP contribution in [0.5, 0.6) is 5.75 Å². The number of anilines is 1. The van der Waals surface area contributed by atoms with E-state index in [-0.39, 0.29) is 12.5 Å². The molecule has 1 saturated heterocycles. The zero-order valence-electron chi connectivity index (χ0n) is 8.71. The monoisotopic (exact) mass is 221 g/mol. The molecule has 1 aromatic rings. The number of ether oxygens (including phenoxy) is 1. The molecule has 0 saturated carbocycles. The van der Waals surface area contributed by atoms with Crippen LogP contribution in [-0.4, -0.2) is 30.6 Å². The summed E-state index contributed by atoms with van der Waals surface area (Å²) < 4.78 is 5.03. The minimum absolute atomic E-state index is 0.224. The molecule has 1 amide bonds. The van der Waals surface area contributed by atoms with Gasteiger partial charge in [0.2, 0.25) is 5.91 Å². The molecule has 1 aromatic carbocycles. The van der Waals surface area contributed by atoms with Gasteiger partial charge in [0.05, 0.1) is 7.11 Å². The Hall–Kier alpha value is -2.04. The molecule has 0 bridgehead atoms. The van der Waals surface area contributed by atoms with Gasteiger partial charge in [-0.3, -0.25) is 9.59 Å². The van der Waals surface area contributed by atoms with Crippen molar-refractivity contribution in [3.8, 4) is 5.75 Å². The Morgan fingerprint density at radius 3 is 2.88 bits per heavy atom. The van der Waals surface area contributed by atoms with Crippen LogP contribution in [0.25, 0.3) is 0 Å². The van der Waals surface area contributed by atoms with E-state index in [9.17, 15) is 9.59 Å². The van der Waals surface area contributed by atoms with Gasteiger partial charge in [-0.25, -0.2) is 0 Å². The number of benzene rings is 1. The van der Waals surface area contributed by atoms with Crippen LogP contribution in [0.15, 0.2) is 24.3 Å². The summed E-state index contributed by atoms with van der Waals surface area (Å²) in [6.45, 7) is 0.224. The first-order valence-corrected chi connectivity index (χ1v) is 4.81. The van der Waals surface area contributed by atoms with Crippen LogP contribution in [-0.2, 0) is 9.59 Å². The van der Waals surface area contributed by atoms with E-state index in [1.165, 1.54) is 12.0 Å². The topological polar surface area (TPSA) is 66.8 Å². The fraction of sp³-hybridized carbons (Fsp3) is 0.273. The number of aliphatic carboxylic acids is 1. The molecule has 1 atom stereocenters. The number of hydrogen-bond acceptors (Lipinski definition) is 3. The average molecular weight is 221 g/mol. The molecule has 16 heavy (non-hydrogen) atoms. The van der Waals surface area contributed by atoms with Gasteiger partial charge in [-0.1, -0.05) is 6.07 Å². The number of carboxylic acids is 1. The Labute approximate surface area is 92.2 Å². The predicted molar refractivity (Wildman–Crippen MR) is 56.5 cm³/mol. The molecule has 84 valence electrons. The normalized spacial score (nSPS) is 19.2. The Kier molecular flexibility index (Phi) is 2.52. The quantitative estimate of drug-likeness (QED) is 0.604. The standard InChI is InChI=1S/C11H11NO4/c1-16-8-4-2-3-7(5-8)12-6-9(10(12)13)11(14)15/h2-5,9H,6H2,1H3,(H,14,15). The Morgan fingerprint density at radius 2 is 2.31 bits per heavy atom. The highest BCUT2D eigenvalue weighted by molar-refractivity contribution is 6.12. The number of hydrogen-bond donors (Lipinski definition) is 1. The van der Waals surface area contributed by atoms with Crippen molar-refractivity contribution in [3.05, 3.63) is 24.3 Å². The molecule has 0 radical (unpaired) electrons. The number of nitrogens with zero attached hydrogens (tertiary/aromatic N) is 1. The number of carbonyl (C=O) groups is 2. The van der Waals surface area contributed by atoms with Gasteiger partial charge in [-0.2, -0.15) is 0 Å². The first-order valence-electron chi connectivity index (χ1n) is 4.81. The average Bonchev–Trinajstić information content (AvgIpc) is 2.27.